The van der Waals surface area contributed by atoms with Crippen molar-refractivity contribution in [3.05, 3.63) is 263 Å². The molecule has 7 fully saturated rings. The van der Waals surface area contributed by atoms with Gasteiger partial charge in [0.05, 0.1) is 63.2 Å². The quantitative estimate of drug-likeness (QED) is 0.0276. The van der Waals surface area contributed by atoms with Gasteiger partial charge in [-0.1, -0.05) is 188 Å². The number of carboxylic acids is 1. The Hall–Kier alpha value is -10.2. The number of hydrogen-bond acceptors (Lipinski definition) is 22. The fourth-order valence-electron chi connectivity index (χ4n) is 20.9. The van der Waals surface area contributed by atoms with Gasteiger partial charge in [0, 0.05) is 0 Å². The summed E-state index contributed by atoms with van der Waals surface area (Å²) in [4.78, 5) is 116. The van der Waals surface area contributed by atoms with Crippen molar-refractivity contribution in [3.8, 4) is 0 Å². The molecule has 3 heterocycles. The molecule has 0 bridgehead atoms. The first kappa shape index (κ1) is 83.8. The Morgan fingerprint density at radius 3 is 1.29 bits per heavy atom. The van der Waals surface area contributed by atoms with E-state index >= 15 is 0 Å². The summed E-state index contributed by atoms with van der Waals surface area (Å²) in [7, 11) is 0. The smallest absolute Gasteiger partial charge is 0.338 e. The summed E-state index contributed by atoms with van der Waals surface area (Å²) in [6.45, 7) is 16.5. The first-order chi connectivity index (χ1) is 57.1. The molecule has 0 unspecified atom stereocenters. The third-order valence-corrected chi connectivity index (χ3v) is 27.5. The number of hydrogen-bond donors (Lipinski definition) is 2. The third-order valence-electron chi connectivity index (χ3n) is 27.5. The molecule has 23 heteroatoms. The van der Waals surface area contributed by atoms with Crippen LogP contribution >= 0.6 is 0 Å². The Morgan fingerprint density at radius 2 is 0.832 bits per heavy atom. The lowest BCUT2D eigenvalue weighted by molar-refractivity contribution is -0.379. The minimum absolute atomic E-state index is 0.0155. The molecule has 7 aromatic carbocycles. The van der Waals surface area contributed by atoms with Crippen LogP contribution in [0.15, 0.2) is 224 Å². The molecular weight excluding hydrogens is 1520 g/mol. The Labute approximate surface area is 692 Å². The van der Waals surface area contributed by atoms with Gasteiger partial charge in [-0.25, -0.2) is 33.6 Å². The Morgan fingerprint density at radius 1 is 0.420 bits per heavy atom. The van der Waals surface area contributed by atoms with Gasteiger partial charge in [-0.2, -0.15) is 0 Å². The summed E-state index contributed by atoms with van der Waals surface area (Å²) >= 11 is 0. The maximum Gasteiger partial charge on any atom is 0.338 e. The highest BCUT2D eigenvalue weighted by Gasteiger charge is 2.70. The number of carboxylic acid groups (broad SMARTS) is 1. The van der Waals surface area contributed by atoms with Crippen molar-refractivity contribution in [2.24, 2.45) is 50.2 Å². The van der Waals surface area contributed by atoms with Crippen LogP contribution in [-0.2, 0) is 66.4 Å². The Kier molecular flexibility index (Phi) is 24.3. The number of fused-ring (bicyclic) bond motifs is 7. The second-order valence-electron chi connectivity index (χ2n) is 35.3. The number of ether oxygens (including phenoxy) is 13. The maximum atomic E-state index is 14.9. The minimum atomic E-state index is -1.99. The molecule has 15 rings (SSSR count). The average molecular weight is 1630 g/mol. The highest BCUT2D eigenvalue weighted by atomic mass is 16.8. The van der Waals surface area contributed by atoms with E-state index in [-0.39, 0.29) is 78.4 Å². The summed E-state index contributed by atoms with van der Waals surface area (Å²) in [5, 5.41) is 25.0. The van der Waals surface area contributed by atoms with Gasteiger partial charge in [0.25, 0.3) is 0 Å². The van der Waals surface area contributed by atoms with Gasteiger partial charge in [-0.15, -0.1) is 0 Å². The Balaban J connectivity index is 0.816. The zero-order chi connectivity index (χ0) is 83.8. The van der Waals surface area contributed by atoms with E-state index in [1.807, 2.05) is 0 Å². The minimum Gasteiger partial charge on any atom is -0.481 e. The van der Waals surface area contributed by atoms with Crippen LogP contribution in [-0.4, -0.2) is 163 Å². The number of carbonyl (C=O) groups excluding carboxylic acids is 7. The van der Waals surface area contributed by atoms with Crippen molar-refractivity contribution < 1.29 is 110 Å². The van der Waals surface area contributed by atoms with E-state index in [9.17, 15) is 48.6 Å². The zero-order valence-electron chi connectivity index (χ0n) is 68.1. The summed E-state index contributed by atoms with van der Waals surface area (Å²) in [5.41, 5.74) is -0.380. The van der Waals surface area contributed by atoms with Gasteiger partial charge in [0.15, 0.2) is 55.5 Å². The van der Waals surface area contributed by atoms with Crippen LogP contribution in [0.1, 0.15) is 192 Å². The number of benzene rings is 7. The highest BCUT2D eigenvalue weighted by Crippen LogP contribution is 2.76. The summed E-state index contributed by atoms with van der Waals surface area (Å²) in [6.07, 6.45) is -15.4. The number of esters is 7. The second-order valence-corrected chi connectivity index (χ2v) is 35.3. The van der Waals surface area contributed by atoms with Crippen LogP contribution in [0, 0.1) is 50.2 Å². The summed E-state index contributed by atoms with van der Waals surface area (Å²) < 4.78 is 87.0. The molecule has 8 aliphatic rings. The summed E-state index contributed by atoms with van der Waals surface area (Å²) in [5.74, 6) is -6.97. The van der Waals surface area contributed by atoms with E-state index in [0.29, 0.717) is 25.7 Å². The van der Waals surface area contributed by atoms with E-state index in [4.69, 9.17) is 61.6 Å². The van der Waals surface area contributed by atoms with Crippen LogP contribution in [0.4, 0.5) is 0 Å². The number of aliphatic hydroxyl groups is 1. The lowest BCUT2D eigenvalue weighted by atomic mass is 9.33. The second kappa shape index (κ2) is 34.5. The number of allylic oxidation sites excluding steroid dienone is 2. The molecule has 3 aliphatic heterocycles. The number of aliphatic hydroxyl groups excluding tert-OH is 1. The standard InChI is InChI=1S/C96H104O23/c1-57-73(113-81(99)59-32-18-10-19-33-59)76(115-83(101)61-36-22-12-23-37-61)78(117-85(103)63-40-26-14-27-41-63)88(109-57)119-75-72(97)67(55-108-87(75)112-71-47-48-93(6)69(92(71,4)5)46-49-95(8)70(93)45-44-65-66-54-91(2,3)50-52-96(66,90(105)106)53-51-94(65,95)7)110-89-79(118-86(104)64-42-28-15-29-43-64)77(116-84(102)62-38-24-13-25-39-62)74(114-82(100)60-34-20-11-21-35-60)68(111-89)56-107-80(98)58-30-16-9-17-31-58/h9-44,57,66-79,87-89,97H,45-56H2,1-8H3,(H,105,106)/t57-,66-,67-,68+,69-,70+,71-,72-,73-,74+,75+,76+,77-,78+,79+,87-,88-,89+,93-,94+,95+,96-/m0/s1. The first-order valence-electron chi connectivity index (χ1n) is 41.4. The Bertz CT molecular complexity index is 4820. The molecule has 0 aromatic heterocycles. The number of carbonyl (C=O) groups is 8. The molecule has 3 saturated heterocycles. The molecule has 4 saturated carbocycles. The van der Waals surface area contributed by atoms with Gasteiger partial charge in [0.2, 0.25) is 0 Å². The van der Waals surface area contributed by atoms with Crippen LogP contribution in [0.5, 0.6) is 0 Å². The fraction of sp³-hybridized carbons (Fsp3) is 0.458. The van der Waals surface area contributed by atoms with Gasteiger partial charge >= 0.3 is 47.8 Å². The number of rotatable bonds is 22. The van der Waals surface area contributed by atoms with Crippen molar-refractivity contribution in [2.75, 3.05) is 13.2 Å². The normalized spacial score (nSPS) is 33.5. The van der Waals surface area contributed by atoms with Crippen molar-refractivity contribution in [1.82, 2.24) is 0 Å². The van der Waals surface area contributed by atoms with E-state index in [0.717, 1.165) is 38.5 Å². The van der Waals surface area contributed by atoms with Crippen molar-refractivity contribution in [3.63, 3.8) is 0 Å². The van der Waals surface area contributed by atoms with E-state index in [2.05, 4.69) is 54.5 Å². The lowest BCUT2D eigenvalue weighted by Crippen LogP contribution is -2.67. The number of aliphatic carboxylic acids is 1. The van der Waals surface area contributed by atoms with Crippen LogP contribution < -0.4 is 0 Å². The monoisotopic (exact) mass is 1620 g/mol. The first-order valence-corrected chi connectivity index (χ1v) is 41.4. The van der Waals surface area contributed by atoms with Crippen LogP contribution in [0.3, 0.4) is 0 Å². The van der Waals surface area contributed by atoms with Crippen molar-refractivity contribution in [1.29, 1.82) is 0 Å². The molecule has 0 amide bonds. The predicted molar refractivity (Wildman–Crippen MR) is 431 cm³/mol. The average Bonchev–Trinajstić information content (AvgIpc) is 0.674. The third kappa shape index (κ3) is 16.7. The zero-order valence-corrected chi connectivity index (χ0v) is 68.1. The van der Waals surface area contributed by atoms with Gasteiger partial charge < -0.3 is 71.8 Å². The lowest BCUT2D eigenvalue weighted by Gasteiger charge is -2.71. The SMILES string of the molecule is C[C@@H]1O[C@@H](O[C@H]2[C@H](O[C@H]3CC[C@]4(C)[C@H]5CC=C6[C@@H]7CC(C)(C)CC[C@]7(C(=O)O)CC[C@@]6(C)[C@]5(C)CC[C@H]4C3(C)C)OC[C@H](O[C@@H]3O[C@H](COC(=O)c4ccccc4)[C@@H](OC(=O)c4ccccc4)[C@H](OC(=O)c4ccccc4)[C@H]3OC(=O)c3ccccc3)[C@@H]2O)[C@H](OC(=O)c2ccccc2)[C@H](OC(=O)c2ccccc2)[C@H]1OC(=O)c1ccccc1. The molecule has 119 heavy (non-hydrogen) atoms. The van der Waals surface area contributed by atoms with E-state index in [1.165, 1.54) is 90.5 Å². The van der Waals surface area contributed by atoms with Crippen LogP contribution in [0.25, 0.3) is 0 Å². The highest BCUT2D eigenvalue weighted by molar-refractivity contribution is 5.93. The van der Waals surface area contributed by atoms with E-state index in [1.54, 1.807) is 134 Å². The molecule has 0 spiro atoms. The molecule has 5 aliphatic carbocycles. The van der Waals surface area contributed by atoms with Crippen molar-refractivity contribution >= 4 is 47.8 Å². The molecule has 626 valence electrons. The largest absolute Gasteiger partial charge is 0.481 e. The van der Waals surface area contributed by atoms with Gasteiger partial charge in [0.1, 0.15) is 31.0 Å². The topological polar surface area (TPSA) is 297 Å². The molecule has 2 N–H and O–H groups in total. The fourth-order valence-corrected chi connectivity index (χ4v) is 20.9. The molecule has 0 radical (unpaired) electrons. The summed E-state index contributed by atoms with van der Waals surface area (Å²) in [6, 6.07) is 55.7. The predicted octanol–water partition coefficient (Wildman–Crippen LogP) is 15.4. The van der Waals surface area contributed by atoms with E-state index < -0.39 is 164 Å². The molecular formula is C96H104O23. The molecule has 7 aromatic rings. The molecule has 23 nitrogen and oxygen atoms in total. The van der Waals surface area contributed by atoms with Gasteiger partial charge in [-0.3, -0.25) is 4.79 Å². The maximum absolute atomic E-state index is 14.9. The van der Waals surface area contributed by atoms with Crippen LogP contribution in [0.2, 0.25) is 0 Å². The molecule has 22 atom stereocenters. The van der Waals surface area contributed by atoms with Gasteiger partial charge in [-0.05, 0) is 201 Å². The van der Waals surface area contributed by atoms with Crippen molar-refractivity contribution in [2.45, 2.75) is 212 Å².